The van der Waals surface area contributed by atoms with Crippen LogP contribution in [-0.4, -0.2) is 68.7 Å². The van der Waals surface area contributed by atoms with E-state index in [0.29, 0.717) is 6.54 Å². The van der Waals surface area contributed by atoms with Crippen LogP contribution in [0, 0.1) is 5.92 Å². The van der Waals surface area contributed by atoms with Crippen LogP contribution in [0.1, 0.15) is 6.92 Å². The van der Waals surface area contributed by atoms with Crippen molar-refractivity contribution in [1.82, 2.24) is 4.90 Å². The van der Waals surface area contributed by atoms with Crippen LogP contribution < -0.4 is 0 Å². The average Bonchev–Trinajstić information content (AvgIpc) is 2.50. The Kier molecular flexibility index (Phi) is 4.51. The van der Waals surface area contributed by atoms with Crippen LogP contribution >= 0.6 is 0 Å². The number of aliphatic hydroxyl groups excluding tert-OH is 1. The van der Waals surface area contributed by atoms with Gasteiger partial charge in [-0.15, -0.1) is 0 Å². The zero-order valence-corrected chi connectivity index (χ0v) is 11.1. The number of carbonyl (C=O) groups is 1. The van der Waals surface area contributed by atoms with Crippen molar-refractivity contribution in [3.63, 3.8) is 0 Å². The molecule has 0 aliphatic carbocycles. The highest BCUT2D eigenvalue weighted by molar-refractivity contribution is 7.91. The molecule has 0 aromatic heterocycles. The van der Waals surface area contributed by atoms with Crippen LogP contribution in [0.5, 0.6) is 0 Å². The molecule has 0 radical (unpaired) electrons. The lowest BCUT2D eigenvalue weighted by Crippen LogP contribution is -2.43. The van der Waals surface area contributed by atoms with Crippen LogP contribution in [0.3, 0.4) is 0 Å². The van der Waals surface area contributed by atoms with Gasteiger partial charge in [0.15, 0.2) is 9.84 Å². The maximum Gasteiger partial charge on any atom is 0.309 e. The van der Waals surface area contributed by atoms with Crippen molar-refractivity contribution in [3.05, 3.63) is 0 Å². The highest BCUT2D eigenvalue weighted by Gasteiger charge is 2.39. The van der Waals surface area contributed by atoms with E-state index in [9.17, 15) is 18.3 Å². The molecule has 0 spiro atoms. The molecule has 1 heterocycles. The molecule has 7 heteroatoms. The average molecular weight is 265 g/mol. The largest absolute Gasteiger partial charge is 0.469 e. The third kappa shape index (κ3) is 3.65. The lowest BCUT2D eigenvalue weighted by atomic mass is 10.1. The first-order valence-electron chi connectivity index (χ1n) is 5.43. The Balaban J connectivity index is 2.60. The molecule has 3 atom stereocenters. The Morgan fingerprint density at radius 1 is 1.53 bits per heavy atom. The summed E-state index contributed by atoms with van der Waals surface area (Å²) in [5.41, 5.74) is 0. The SMILES string of the molecule is COC(=O)C(C)CN(C)C1CS(=O)(=O)CC1O. The fraction of sp³-hybridized carbons (Fsp3) is 0.900. The number of methoxy groups -OCH3 is 1. The lowest BCUT2D eigenvalue weighted by molar-refractivity contribution is -0.145. The number of hydrogen-bond donors (Lipinski definition) is 1. The molecule has 6 nitrogen and oxygen atoms in total. The van der Waals surface area contributed by atoms with Crippen LogP contribution in [0.25, 0.3) is 0 Å². The van der Waals surface area contributed by atoms with Crippen LogP contribution in [0.2, 0.25) is 0 Å². The summed E-state index contributed by atoms with van der Waals surface area (Å²) in [4.78, 5) is 12.9. The first-order valence-corrected chi connectivity index (χ1v) is 7.25. The number of hydrogen-bond acceptors (Lipinski definition) is 6. The molecule has 0 aromatic rings. The van der Waals surface area contributed by atoms with Crippen molar-refractivity contribution < 1.29 is 23.1 Å². The van der Waals surface area contributed by atoms with Gasteiger partial charge in [0.1, 0.15) is 0 Å². The number of ether oxygens (including phenoxy) is 1. The van der Waals surface area contributed by atoms with E-state index in [-0.39, 0.29) is 23.4 Å². The lowest BCUT2D eigenvalue weighted by Gasteiger charge is -2.27. The van der Waals surface area contributed by atoms with Crippen molar-refractivity contribution in [2.45, 2.75) is 19.1 Å². The van der Waals surface area contributed by atoms with Gasteiger partial charge in [0.2, 0.25) is 0 Å². The fourth-order valence-electron chi connectivity index (χ4n) is 2.07. The topological polar surface area (TPSA) is 83.9 Å². The summed E-state index contributed by atoms with van der Waals surface area (Å²) in [6.07, 6.45) is -0.880. The minimum atomic E-state index is -3.16. The first-order chi connectivity index (χ1) is 7.76. The second-order valence-corrected chi connectivity index (χ2v) is 6.73. The Morgan fingerprint density at radius 3 is 2.53 bits per heavy atom. The molecule has 17 heavy (non-hydrogen) atoms. The summed E-state index contributed by atoms with van der Waals surface area (Å²) < 4.78 is 27.3. The third-order valence-electron chi connectivity index (χ3n) is 3.03. The molecule has 1 rings (SSSR count). The molecule has 1 fully saturated rings. The van der Waals surface area contributed by atoms with E-state index in [1.54, 1.807) is 18.9 Å². The van der Waals surface area contributed by atoms with Crippen molar-refractivity contribution in [2.75, 3.05) is 32.2 Å². The molecule has 1 aliphatic heterocycles. The quantitative estimate of drug-likeness (QED) is 0.649. The van der Waals surface area contributed by atoms with Crippen molar-refractivity contribution >= 4 is 15.8 Å². The van der Waals surface area contributed by atoms with Gasteiger partial charge in [-0.1, -0.05) is 6.92 Å². The molecule has 1 N–H and O–H groups in total. The van der Waals surface area contributed by atoms with E-state index in [2.05, 4.69) is 4.74 Å². The van der Waals surface area contributed by atoms with E-state index < -0.39 is 22.0 Å². The van der Waals surface area contributed by atoms with Crippen molar-refractivity contribution in [3.8, 4) is 0 Å². The Morgan fingerprint density at radius 2 is 2.12 bits per heavy atom. The molecule has 1 saturated heterocycles. The third-order valence-corrected chi connectivity index (χ3v) is 4.72. The summed E-state index contributed by atoms with van der Waals surface area (Å²) in [6, 6.07) is -0.438. The molecular weight excluding hydrogens is 246 g/mol. The van der Waals surface area contributed by atoms with Crippen LogP contribution in [-0.2, 0) is 19.4 Å². The zero-order valence-electron chi connectivity index (χ0n) is 10.3. The normalized spacial score (nSPS) is 29.2. The smallest absolute Gasteiger partial charge is 0.309 e. The number of carbonyl (C=O) groups excluding carboxylic acids is 1. The van der Waals surface area contributed by atoms with Gasteiger partial charge in [0, 0.05) is 6.54 Å². The molecule has 0 aromatic carbocycles. The Bertz CT molecular complexity index is 380. The summed E-state index contributed by atoms with van der Waals surface area (Å²) in [6.45, 7) is 2.07. The van der Waals surface area contributed by atoms with Gasteiger partial charge >= 0.3 is 5.97 Å². The Labute approximate surface area is 101 Å². The van der Waals surface area contributed by atoms with Gasteiger partial charge < -0.3 is 9.84 Å². The minimum absolute atomic E-state index is 0.0570. The molecule has 3 unspecified atom stereocenters. The number of nitrogens with zero attached hydrogens (tertiary/aromatic N) is 1. The van der Waals surface area contributed by atoms with Gasteiger partial charge in [-0.25, -0.2) is 8.42 Å². The monoisotopic (exact) mass is 265 g/mol. The molecule has 0 bridgehead atoms. The van der Waals surface area contributed by atoms with Crippen LogP contribution in [0.4, 0.5) is 0 Å². The highest BCUT2D eigenvalue weighted by Crippen LogP contribution is 2.18. The van der Waals surface area contributed by atoms with E-state index in [0.717, 1.165) is 0 Å². The molecule has 0 amide bonds. The molecule has 100 valence electrons. The minimum Gasteiger partial charge on any atom is -0.469 e. The first kappa shape index (κ1) is 14.4. The molecular formula is C10H19NO5S. The van der Waals surface area contributed by atoms with Crippen molar-refractivity contribution in [2.24, 2.45) is 5.92 Å². The maximum absolute atomic E-state index is 11.4. The number of esters is 1. The number of sulfone groups is 1. The van der Waals surface area contributed by atoms with Gasteiger partial charge in [0.25, 0.3) is 0 Å². The van der Waals surface area contributed by atoms with Gasteiger partial charge in [-0.05, 0) is 7.05 Å². The molecule has 0 saturated carbocycles. The number of likely N-dealkylation sites (N-methyl/N-ethyl adjacent to an activating group) is 1. The van der Waals surface area contributed by atoms with E-state index in [1.165, 1.54) is 7.11 Å². The standard InChI is InChI=1S/C10H19NO5S/c1-7(10(13)16-3)4-11(2)8-5-17(14,15)6-9(8)12/h7-9,12H,4-6H2,1-3H3. The predicted octanol–water partition coefficient (Wildman–Crippen LogP) is -1.11. The Hall–Kier alpha value is -0.660. The summed E-state index contributed by atoms with van der Waals surface area (Å²) in [5, 5.41) is 9.67. The second-order valence-electron chi connectivity index (χ2n) is 4.58. The van der Waals surface area contributed by atoms with Gasteiger partial charge in [0.05, 0.1) is 36.7 Å². The number of aliphatic hydroxyl groups is 1. The fourth-order valence-corrected chi connectivity index (χ4v) is 3.95. The van der Waals surface area contributed by atoms with Crippen molar-refractivity contribution in [1.29, 1.82) is 0 Å². The summed E-state index contributed by atoms with van der Waals surface area (Å²) in [7, 11) is -0.143. The zero-order chi connectivity index (χ0) is 13.2. The van der Waals surface area contributed by atoms with E-state index in [1.807, 2.05) is 0 Å². The maximum atomic E-state index is 11.4. The van der Waals surface area contributed by atoms with Gasteiger partial charge in [-0.3, -0.25) is 9.69 Å². The second kappa shape index (κ2) is 5.32. The van der Waals surface area contributed by atoms with Crippen LogP contribution in [0.15, 0.2) is 0 Å². The van der Waals surface area contributed by atoms with E-state index >= 15 is 0 Å². The van der Waals surface area contributed by atoms with E-state index in [4.69, 9.17) is 0 Å². The summed E-state index contributed by atoms with van der Waals surface area (Å²) >= 11 is 0. The number of rotatable bonds is 4. The highest BCUT2D eigenvalue weighted by atomic mass is 32.2. The van der Waals surface area contributed by atoms with Gasteiger partial charge in [-0.2, -0.15) is 0 Å². The predicted molar refractivity (Wildman–Crippen MR) is 62.3 cm³/mol. The summed E-state index contributed by atoms with van der Waals surface area (Å²) in [5.74, 6) is -0.944. The molecule has 1 aliphatic rings.